The maximum atomic E-state index is 4.26. The van der Waals surface area contributed by atoms with Gasteiger partial charge in [-0.3, -0.25) is 0 Å². The van der Waals surface area contributed by atoms with E-state index in [1.807, 2.05) is 12.4 Å². The van der Waals surface area contributed by atoms with Crippen molar-refractivity contribution in [3.8, 4) is 22.3 Å². The normalized spacial score (nSPS) is 12.2. The molecule has 3 aromatic rings. The first-order valence-electron chi connectivity index (χ1n) is 9.68. The molecule has 0 bridgehead atoms. The molecule has 6 rings (SSSR count). The number of nitrogens with zero attached hydrogens (tertiary/aromatic N) is 2. The van der Waals surface area contributed by atoms with Crippen LogP contribution in [0, 0.1) is 5.92 Å². The summed E-state index contributed by atoms with van der Waals surface area (Å²) in [6.07, 6.45) is 5.36. The zero-order chi connectivity index (χ0) is 19.4. The van der Waals surface area contributed by atoms with Gasteiger partial charge in [0.2, 0.25) is 0 Å². The quantitative estimate of drug-likeness (QED) is 0.381. The summed E-state index contributed by atoms with van der Waals surface area (Å²) in [6.45, 7) is 4.16. The van der Waals surface area contributed by atoms with Gasteiger partial charge >= 0.3 is 0 Å². The Balaban J connectivity index is 1.81. The average molecular weight is 369 g/mol. The van der Waals surface area contributed by atoms with Crippen LogP contribution in [0.2, 0.25) is 0 Å². The van der Waals surface area contributed by atoms with Gasteiger partial charge in [0.15, 0.2) is 0 Å². The van der Waals surface area contributed by atoms with Crippen molar-refractivity contribution in [1.82, 2.24) is 9.97 Å². The highest BCUT2D eigenvalue weighted by Gasteiger charge is 2.33. The van der Waals surface area contributed by atoms with Gasteiger partial charge < -0.3 is 0 Å². The summed E-state index contributed by atoms with van der Waals surface area (Å²) in [7, 11) is 0. The Kier molecular flexibility index (Phi) is 3.35. The maximum absolute atomic E-state index is 4.26. The van der Waals surface area contributed by atoms with Crippen molar-refractivity contribution in [3.05, 3.63) is 119 Å². The zero-order valence-corrected chi connectivity index (χ0v) is 15.8. The molecule has 2 aromatic carbocycles. The molecule has 1 heterocycles. The lowest BCUT2D eigenvalue weighted by Gasteiger charge is -2.24. The Hall–Kier alpha value is -3.91. The number of hydrogen-bond donors (Lipinski definition) is 0. The van der Waals surface area contributed by atoms with Crippen LogP contribution in [0.25, 0.3) is 39.6 Å². The molecule has 0 spiro atoms. The van der Waals surface area contributed by atoms with Crippen LogP contribution < -0.4 is 5.22 Å². The summed E-state index contributed by atoms with van der Waals surface area (Å²) in [5, 5.41) is 3.53. The second kappa shape index (κ2) is 6.05. The monoisotopic (exact) mass is 369 g/mol. The molecule has 0 radical (unpaired) electrons. The third-order valence-electron chi connectivity index (χ3n) is 5.73. The topological polar surface area (TPSA) is 25.8 Å². The molecule has 3 aliphatic carbocycles. The van der Waals surface area contributed by atoms with Gasteiger partial charge in [-0.25, -0.2) is 9.97 Å². The first-order valence-corrected chi connectivity index (χ1v) is 9.68. The van der Waals surface area contributed by atoms with Crippen LogP contribution >= 0.6 is 0 Å². The Bertz CT molecular complexity index is 1300. The van der Waals surface area contributed by atoms with Crippen molar-refractivity contribution in [2.45, 2.75) is 0 Å². The van der Waals surface area contributed by atoms with Crippen LogP contribution in [0.3, 0.4) is 0 Å². The highest BCUT2D eigenvalue weighted by atomic mass is 14.8. The smallest absolute Gasteiger partial charge is 0.115 e. The second-order valence-electron chi connectivity index (χ2n) is 7.48. The van der Waals surface area contributed by atoms with Gasteiger partial charge in [0.05, 0.1) is 22.6 Å². The van der Waals surface area contributed by atoms with E-state index >= 15 is 0 Å². The van der Waals surface area contributed by atoms with Gasteiger partial charge in [0.1, 0.15) is 6.33 Å². The summed E-state index contributed by atoms with van der Waals surface area (Å²) in [5.74, 6) is 1.29. The van der Waals surface area contributed by atoms with E-state index in [9.17, 15) is 0 Å². The second-order valence-corrected chi connectivity index (χ2v) is 7.48. The van der Waals surface area contributed by atoms with E-state index in [0.717, 1.165) is 16.3 Å². The Morgan fingerprint density at radius 2 is 1.28 bits per heavy atom. The fraction of sp³-hybridized carbons (Fsp3) is 0. The first kappa shape index (κ1) is 16.1. The molecule has 2 heteroatoms. The van der Waals surface area contributed by atoms with Gasteiger partial charge in [-0.2, -0.15) is 0 Å². The predicted octanol–water partition coefficient (Wildman–Crippen LogP) is 5.43. The molecular weight excluding hydrogens is 352 g/mol. The highest BCUT2D eigenvalue weighted by molar-refractivity contribution is 6.04. The lowest BCUT2D eigenvalue weighted by Crippen LogP contribution is -2.16. The number of benzene rings is 2. The van der Waals surface area contributed by atoms with E-state index in [2.05, 4.69) is 89.3 Å². The van der Waals surface area contributed by atoms with Gasteiger partial charge in [-0.15, -0.1) is 0 Å². The van der Waals surface area contributed by atoms with Crippen molar-refractivity contribution in [1.29, 1.82) is 0 Å². The van der Waals surface area contributed by atoms with Crippen LogP contribution in [0.1, 0.15) is 16.7 Å². The van der Waals surface area contributed by atoms with E-state index in [1.54, 1.807) is 6.33 Å². The fourth-order valence-corrected chi connectivity index (χ4v) is 4.51. The third kappa shape index (κ3) is 2.39. The van der Waals surface area contributed by atoms with Crippen LogP contribution in [-0.2, 0) is 0 Å². The minimum Gasteiger partial charge on any atom is -0.244 e. The fourth-order valence-electron chi connectivity index (χ4n) is 4.51. The largest absolute Gasteiger partial charge is 0.244 e. The number of rotatable bonds is 2. The molecule has 0 unspecified atom stereocenters. The molecular formula is C27H17N2+. The molecule has 0 amide bonds. The van der Waals surface area contributed by atoms with E-state index in [0.29, 0.717) is 0 Å². The number of hydrogen-bond acceptors (Lipinski definition) is 2. The Morgan fingerprint density at radius 1 is 0.655 bits per heavy atom. The molecule has 0 saturated carbocycles. The third-order valence-corrected chi connectivity index (χ3v) is 5.73. The molecule has 3 aliphatic rings. The zero-order valence-electron chi connectivity index (χ0n) is 15.8. The van der Waals surface area contributed by atoms with Crippen molar-refractivity contribution < 1.29 is 0 Å². The van der Waals surface area contributed by atoms with E-state index < -0.39 is 0 Å². The molecule has 29 heavy (non-hydrogen) atoms. The summed E-state index contributed by atoms with van der Waals surface area (Å²) in [6, 6.07) is 26.1. The summed E-state index contributed by atoms with van der Waals surface area (Å²) in [5.41, 5.74) is 8.37. The molecule has 0 atom stereocenters. The van der Waals surface area contributed by atoms with Gasteiger partial charge in [0, 0.05) is 57.2 Å². The SMILES string of the molecule is C=c1cc2ccc3c(-c4ccccc4)cc(-c4cncnc4)c4ccc(c1)[C+]2c34. The van der Waals surface area contributed by atoms with Crippen LogP contribution in [-0.4, -0.2) is 9.97 Å². The summed E-state index contributed by atoms with van der Waals surface area (Å²) < 4.78 is 0. The maximum Gasteiger partial charge on any atom is 0.115 e. The lowest BCUT2D eigenvalue weighted by molar-refractivity contribution is 1.17. The number of aromatic nitrogens is 2. The average Bonchev–Trinajstić information content (AvgIpc) is 2.78. The minimum atomic E-state index is 1.03. The predicted molar refractivity (Wildman–Crippen MR) is 118 cm³/mol. The van der Waals surface area contributed by atoms with Gasteiger partial charge in [-0.1, -0.05) is 36.9 Å². The van der Waals surface area contributed by atoms with Gasteiger partial charge in [0.25, 0.3) is 0 Å². The molecule has 2 nitrogen and oxygen atoms in total. The van der Waals surface area contributed by atoms with E-state index in [1.165, 1.54) is 44.5 Å². The van der Waals surface area contributed by atoms with Gasteiger partial charge in [-0.05, 0) is 35.9 Å². The summed E-state index contributed by atoms with van der Waals surface area (Å²) in [4.78, 5) is 8.53. The van der Waals surface area contributed by atoms with Crippen molar-refractivity contribution in [2.24, 2.45) is 0 Å². The summed E-state index contributed by atoms with van der Waals surface area (Å²) >= 11 is 0. The van der Waals surface area contributed by atoms with Crippen molar-refractivity contribution >= 4 is 17.4 Å². The molecule has 0 aliphatic heterocycles. The van der Waals surface area contributed by atoms with E-state index in [4.69, 9.17) is 0 Å². The van der Waals surface area contributed by atoms with Crippen LogP contribution in [0.4, 0.5) is 0 Å². The Labute approximate surface area is 169 Å². The minimum absolute atomic E-state index is 1.03. The first-order chi connectivity index (χ1) is 14.3. The molecule has 0 N–H and O–H groups in total. The van der Waals surface area contributed by atoms with Crippen molar-refractivity contribution in [3.63, 3.8) is 0 Å². The molecule has 0 fully saturated rings. The molecule has 1 aromatic heterocycles. The van der Waals surface area contributed by atoms with Crippen LogP contribution in [0.5, 0.6) is 0 Å². The molecule has 0 saturated heterocycles. The highest BCUT2D eigenvalue weighted by Crippen LogP contribution is 2.47. The molecule has 134 valence electrons. The van der Waals surface area contributed by atoms with Crippen molar-refractivity contribution in [2.75, 3.05) is 0 Å². The standard InChI is InChI=1S/C27H17N2/c1-17-11-19-7-9-22-24(18-5-3-2-4-6-18)13-25(21-14-28-16-29-15-21)23-10-8-20(12-17)26(19)27(22)23/h2-16H,1H2/q+1. The Morgan fingerprint density at radius 3 is 1.93 bits per heavy atom. The lowest BCUT2D eigenvalue weighted by atomic mass is 9.74. The van der Waals surface area contributed by atoms with E-state index in [-0.39, 0.29) is 0 Å². The van der Waals surface area contributed by atoms with Crippen LogP contribution in [0.15, 0.2) is 91.5 Å².